The van der Waals surface area contributed by atoms with Crippen molar-refractivity contribution in [3.05, 3.63) is 59.7 Å². The van der Waals surface area contributed by atoms with Gasteiger partial charge >= 0.3 is 0 Å². The van der Waals surface area contributed by atoms with Crippen LogP contribution in [0.15, 0.2) is 53.4 Å². The molecule has 0 unspecified atom stereocenters. The topological polar surface area (TPSA) is 78.5 Å². The minimum atomic E-state index is -3.55. The molecule has 0 saturated carbocycles. The lowest BCUT2D eigenvalue weighted by molar-refractivity contribution is -0.120. The van der Waals surface area contributed by atoms with Crippen molar-refractivity contribution in [1.82, 2.24) is 9.62 Å². The van der Waals surface area contributed by atoms with E-state index in [2.05, 4.69) is 41.2 Å². The van der Waals surface area contributed by atoms with Gasteiger partial charge in [0.15, 0.2) is 0 Å². The maximum Gasteiger partial charge on any atom is 0.241 e. The fourth-order valence-electron chi connectivity index (χ4n) is 2.85. The third kappa shape index (κ3) is 6.66. The molecule has 0 bridgehead atoms. The van der Waals surface area contributed by atoms with Crippen LogP contribution in [0.1, 0.15) is 38.8 Å². The Morgan fingerprint density at radius 2 is 1.52 bits per heavy atom. The van der Waals surface area contributed by atoms with E-state index in [-0.39, 0.29) is 22.9 Å². The van der Waals surface area contributed by atoms with Crippen LogP contribution in [0.25, 0.3) is 0 Å². The number of carbonyl (C=O) groups excluding carboxylic acids is 1. The molecule has 0 saturated heterocycles. The van der Waals surface area contributed by atoms with Crippen molar-refractivity contribution in [2.24, 2.45) is 0 Å². The summed E-state index contributed by atoms with van der Waals surface area (Å²) in [6.45, 7) is 8.17. The Hall–Kier alpha value is -2.22. The number of hydrogen-bond donors (Lipinski definition) is 2. The molecular formula is C22H31N3O3S. The van der Waals surface area contributed by atoms with Crippen LogP contribution >= 0.6 is 0 Å². The van der Waals surface area contributed by atoms with Crippen LogP contribution in [-0.2, 0) is 27.8 Å². The zero-order valence-electron chi connectivity index (χ0n) is 17.8. The first-order valence-corrected chi connectivity index (χ1v) is 11.3. The average molecular weight is 418 g/mol. The largest absolute Gasteiger partial charge is 0.325 e. The quantitative estimate of drug-likeness (QED) is 0.655. The van der Waals surface area contributed by atoms with Crippen LogP contribution in [0.2, 0.25) is 0 Å². The molecule has 0 aromatic heterocycles. The zero-order chi connectivity index (χ0) is 21.6. The Balaban J connectivity index is 1.97. The second-order valence-corrected chi connectivity index (χ2v) is 9.26. The van der Waals surface area contributed by atoms with Crippen LogP contribution in [-0.4, -0.2) is 38.4 Å². The molecule has 0 aliphatic carbocycles. The summed E-state index contributed by atoms with van der Waals surface area (Å²) in [5, 5.41) is 2.85. The number of anilines is 1. The molecule has 1 amide bonds. The van der Waals surface area contributed by atoms with Crippen molar-refractivity contribution in [1.29, 1.82) is 0 Å². The van der Waals surface area contributed by atoms with Gasteiger partial charge in [-0.2, -0.15) is 0 Å². The van der Waals surface area contributed by atoms with E-state index >= 15 is 0 Å². The van der Waals surface area contributed by atoms with Crippen molar-refractivity contribution < 1.29 is 13.2 Å². The molecule has 0 fully saturated rings. The Labute approximate surface area is 174 Å². The first-order chi connectivity index (χ1) is 13.6. The number of sulfonamides is 1. The molecule has 1 atom stereocenters. The highest BCUT2D eigenvalue weighted by atomic mass is 32.2. The van der Waals surface area contributed by atoms with E-state index in [9.17, 15) is 13.2 Å². The number of nitrogens with zero attached hydrogens (tertiary/aromatic N) is 1. The predicted octanol–water partition coefficient (Wildman–Crippen LogP) is 3.39. The summed E-state index contributed by atoms with van der Waals surface area (Å²) in [5.41, 5.74) is 3.00. The van der Waals surface area contributed by atoms with E-state index in [0.717, 1.165) is 12.0 Å². The maximum atomic E-state index is 12.6. The average Bonchev–Trinajstić information content (AvgIpc) is 2.67. The zero-order valence-corrected chi connectivity index (χ0v) is 18.6. The van der Waals surface area contributed by atoms with Crippen molar-refractivity contribution in [2.75, 3.05) is 12.4 Å². The lowest BCUT2D eigenvalue weighted by atomic mass is 10.1. The van der Waals surface area contributed by atoms with Gasteiger partial charge in [0.1, 0.15) is 0 Å². The van der Waals surface area contributed by atoms with Gasteiger partial charge in [0.05, 0.1) is 10.9 Å². The van der Waals surface area contributed by atoms with E-state index in [4.69, 9.17) is 0 Å². The van der Waals surface area contributed by atoms with E-state index in [0.29, 0.717) is 12.2 Å². The highest BCUT2D eigenvalue weighted by Gasteiger charge is 2.19. The summed E-state index contributed by atoms with van der Waals surface area (Å²) in [7, 11) is -1.64. The SMILES string of the molecule is CCc1ccc(CN(C)[C@@H](C)C(=O)Nc2ccc(S(=O)(=O)NC(C)C)cc2)cc1. The smallest absolute Gasteiger partial charge is 0.241 e. The summed E-state index contributed by atoms with van der Waals surface area (Å²) in [6.07, 6.45) is 1.00. The number of aryl methyl sites for hydroxylation is 1. The Morgan fingerprint density at radius 1 is 0.966 bits per heavy atom. The monoisotopic (exact) mass is 417 g/mol. The normalized spacial score (nSPS) is 12.9. The number of amides is 1. The van der Waals surface area contributed by atoms with Gasteiger partial charge in [0.25, 0.3) is 0 Å². The second kappa shape index (κ2) is 10.0. The summed E-state index contributed by atoms with van der Waals surface area (Å²) in [6, 6.07) is 14.0. The van der Waals surface area contributed by atoms with Gasteiger partial charge in [0, 0.05) is 18.3 Å². The van der Waals surface area contributed by atoms with Gasteiger partial charge in [-0.3, -0.25) is 9.69 Å². The Morgan fingerprint density at radius 3 is 2.03 bits per heavy atom. The minimum Gasteiger partial charge on any atom is -0.325 e. The second-order valence-electron chi connectivity index (χ2n) is 7.55. The molecule has 0 aliphatic rings. The van der Waals surface area contributed by atoms with Crippen LogP contribution in [0.3, 0.4) is 0 Å². The lowest BCUT2D eigenvalue weighted by Crippen LogP contribution is -2.39. The molecule has 6 nitrogen and oxygen atoms in total. The molecule has 2 N–H and O–H groups in total. The van der Waals surface area contributed by atoms with E-state index in [1.807, 2.05) is 18.9 Å². The summed E-state index contributed by atoms with van der Waals surface area (Å²) >= 11 is 0. The van der Waals surface area contributed by atoms with Crippen molar-refractivity contribution in [2.45, 2.75) is 57.6 Å². The number of benzene rings is 2. The van der Waals surface area contributed by atoms with E-state index in [1.54, 1.807) is 26.0 Å². The minimum absolute atomic E-state index is 0.145. The van der Waals surface area contributed by atoms with Gasteiger partial charge in [-0.05, 0) is 69.6 Å². The van der Waals surface area contributed by atoms with Crippen LogP contribution in [0.4, 0.5) is 5.69 Å². The van der Waals surface area contributed by atoms with Crippen LogP contribution in [0, 0.1) is 0 Å². The molecule has 0 radical (unpaired) electrons. The van der Waals surface area contributed by atoms with Crippen molar-refractivity contribution in [3.63, 3.8) is 0 Å². The van der Waals surface area contributed by atoms with Gasteiger partial charge in [-0.15, -0.1) is 0 Å². The first-order valence-electron chi connectivity index (χ1n) is 9.83. The number of nitrogens with one attached hydrogen (secondary N) is 2. The fourth-order valence-corrected chi connectivity index (χ4v) is 4.10. The number of carbonyl (C=O) groups is 1. The number of likely N-dealkylation sites (N-methyl/N-ethyl adjacent to an activating group) is 1. The van der Waals surface area contributed by atoms with E-state index in [1.165, 1.54) is 17.7 Å². The van der Waals surface area contributed by atoms with Gasteiger partial charge in [0.2, 0.25) is 15.9 Å². The third-order valence-electron chi connectivity index (χ3n) is 4.73. The summed E-state index contributed by atoms with van der Waals surface area (Å²) in [5.74, 6) is -0.145. The molecule has 7 heteroatoms. The molecule has 0 heterocycles. The predicted molar refractivity (Wildman–Crippen MR) is 117 cm³/mol. The molecule has 2 aromatic carbocycles. The van der Waals surface area contributed by atoms with Gasteiger partial charge in [-0.25, -0.2) is 13.1 Å². The molecule has 0 aliphatic heterocycles. The van der Waals surface area contributed by atoms with Crippen molar-refractivity contribution >= 4 is 21.6 Å². The lowest BCUT2D eigenvalue weighted by Gasteiger charge is -2.24. The summed E-state index contributed by atoms with van der Waals surface area (Å²) < 4.78 is 26.9. The maximum absolute atomic E-state index is 12.6. The number of rotatable bonds is 9. The number of hydrogen-bond acceptors (Lipinski definition) is 4. The Kier molecular flexibility index (Phi) is 7.96. The van der Waals surface area contributed by atoms with Crippen LogP contribution < -0.4 is 10.0 Å². The van der Waals surface area contributed by atoms with E-state index < -0.39 is 10.0 Å². The van der Waals surface area contributed by atoms with Gasteiger partial charge < -0.3 is 5.32 Å². The molecular weight excluding hydrogens is 386 g/mol. The highest BCUT2D eigenvalue weighted by molar-refractivity contribution is 7.89. The van der Waals surface area contributed by atoms with Crippen molar-refractivity contribution in [3.8, 4) is 0 Å². The van der Waals surface area contributed by atoms with Crippen LogP contribution in [0.5, 0.6) is 0 Å². The standard InChI is InChI=1S/C22H31N3O3S/c1-6-18-7-9-19(10-8-18)15-25(5)17(4)22(26)23-20-11-13-21(14-12-20)29(27,28)24-16(2)3/h7-14,16-17,24H,6,15H2,1-5H3,(H,23,26)/t17-/m0/s1. The fraction of sp³-hybridized carbons (Fsp3) is 0.409. The molecule has 158 valence electrons. The third-order valence-corrected chi connectivity index (χ3v) is 6.40. The summed E-state index contributed by atoms with van der Waals surface area (Å²) in [4.78, 5) is 14.7. The molecule has 2 rings (SSSR count). The Bertz CT molecular complexity index is 907. The first kappa shape index (κ1) is 23.1. The molecule has 2 aromatic rings. The van der Waals surface area contributed by atoms with Gasteiger partial charge in [-0.1, -0.05) is 31.2 Å². The molecule has 29 heavy (non-hydrogen) atoms. The highest BCUT2D eigenvalue weighted by Crippen LogP contribution is 2.16. The molecule has 0 spiro atoms.